The zero-order chi connectivity index (χ0) is 34.7. The van der Waals surface area contributed by atoms with Crippen LogP contribution in [0.1, 0.15) is 174 Å². The molecule has 47 heavy (non-hydrogen) atoms. The number of hydrogen-bond donors (Lipinski definition) is 2. The highest BCUT2D eigenvalue weighted by atomic mass is 31.2. The van der Waals surface area contributed by atoms with Crippen LogP contribution in [0.5, 0.6) is 0 Å². The number of hydrogen-bond acceptors (Lipinski definition) is 6. The third-order valence-corrected chi connectivity index (χ3v) is 8.37. The minimum absolute atomic E-state index is 0.194. The first kappa shape index (κ1) is 45.3. The maximum absolute atomic E-state index is 12.3. The lowest BCUT2D eigenvalue weighted by Gasteiger charge is -2.18. The van der Waals surface area contributed by atoms with E-state index in [4.69, 9.17) is 19.3 Å². The third-order valence-electron chi connectivity index (χ3n) is 7.88. The Morgan fingerprint density at radius 1 is 0.553 bits per heavy atom. The molecule has 0 aliphatic heterocycles. The Kier molecular flexibility index (Phi) is 32.9. The molecule has 8 nitrogen and oxygen atoms in total. The molecule has 0 fully saturated rings. The molecule has 0 aromatic rings. The van der Waals surface area contributed by atoms with Crippen LogP contribution in [0.2, 0.25) is 0 Å². The fraction of sp³-hybridized carbons (Fsp3) is 0.789. The van der Waals surface area contributed by atoms with Gasteiger partial charge in [0, 0.05) is 12.8 Å². The molecule has 2 N–H and O–H groups in total. The predicted octanol–water partition coefficient (Wildman–Crippen LogP) is 11.0. The molecule has 0 amide bonds. The van der Waals surface area contributed by atoms with Crippen molar-refractivity contribution in [2.24, 2.45) is 0 Å². The smallest absolute Gasteiger partial charge is 0.462 e. The van der Waals surface area contributed by atoms with E-state index in [0.29, 0.717) is 12.8 Å². The van der Waals surface area contributed by atoms with Gasteiger partial charge in [-0.25, -0.2) is 4.57 Å². The number of ether oxygens (including phenoxy) is 2. The topological polar surface area (TPSA) is 119 Å². The lowest BCUT2D eigenvalue weighted by molar-refractivity contribution is -0.161. The summed E-state index contributed by atoms with van der Waals surface area (Å²) in [6.07, 6.45) is 38.6. The molecule has 0 radical (unpaired) electrons. The van der Waals surface area contributed by atoms with Crippen LogP contribution in [0, 0.1) is 0 Å². The van der Waals surface area contributed by atoms with Gasteiger partial charge in [-0.3, -0.25) is 14.1 Å². The molecule has 0 aromatic carbocycles. The van der Waals surface area contributed by atoms with Gasteiger partial charge in [0.15, 0.2) is 6.10 Å². The molecule has 9 heteroatoms. The van der Waals surface area contributed by atoms with Gasteiger partial charge in [0.25, 0.3) is 0 Å². The van der Waals surface area contributed by atoms with E-state index in [0.717, 1.165) is 70.6 Å². The van der Waals surface area contributed by atoms with Gasteiger partial charge in [-0.15, -0.1) is 0 Å². The average Bonchev–Trinajstić information content (AvgIpc) is 3.03. The summed E-state index contributed by atoms with van der Waals surface area (Å²) in [5.74, 6) is -0.911. The Balaban J connectivity index is 4.01. The van der Waals surface area contributed by atoms with E-state index in [2.05, 4.69) is 54.8 Å². The summed E-state index contributed by atoms with van der Waals surface area (Å²) in [4.78, 5) is 42.7. The number of unbranched alkanes of at least 4 members (excludes halogenated alkanes) is 18. The molecule has 0 aliphatic rings. The van der Waals surface area contributed by atoms with Gasteiger partial charge in [0.2, 0.25) is 0 Å². The van der Waals surface area contributed by atoms with Crippen molar-refractivity contribution in [3.63, 3.8) is 0 Å². The summed E-state index contributed by atoms with van der Waals surface area (Å²) in [6, 6.07) is 0. The molecule has 0 bridgehead atoms. The van der Waals surface area contributed by atoms with Crippen LogP contribution in [-0.4, -0.2) is 41.0 Å². The Morgan fingerprint density at radius 3 is 1.47 bits per heavy atom. The van der Waals surface area contributed by atoms with Crippen molar-refractivity contribution < 1.29 is 37.9 Å². The quantitative estimate of drug-likeness (QED) is 0.0297. The van der Waals surface area contributed by atoms with Gasteiger partial charge in [0.1, 0.15) is 6.61 Å². The van der Waals surface area contributed by atoms with Crippen LogP contribution in [0.25, 0.3) is 0 Å². The van der Waals surface area contributed by atoms with Crippen molar-refractivity contribution in [3.05, 3.63) is 36.5 Å². The van der Waals surface area contributed by atoms with E-state index in [1.165, 1.54) is 64.2 Å². The zero-order valence-electron chi connectivity index (χ0n) is 29.9. The number of carbonyl (C=O) groups excluding carboxylic acids is 2. The lowest BCUT2D eigenvalue weighted by Crippen LogP contribution is -2.29. The molecule has 0 rings (SSSR count). The maximum Gasteiger partial charge on any atom is 0.469 e. The Morgan fingerprint density at radius 2 is 0.957 bits per heavy atom. The van der Waals surface area contributed by atoms with E-state index in [1.54, 1.807) is 0 Å². The van der Waals surface area contributed by atoms with Crippen molar-refractivity contribution in [2.75, 3.05) is 13.2 Å². The van der Waals surface area contributed by atoms with E-state index in [1.807, 2.05) is 0 Å². The second kappa shape index (κ2) is 34.1. The van der Waals surface area contributed by atoms with E-state index >= 15 is 0 Å². The Labute approximate surface area is 287 Å². The SMILES string of the molecule is CCCCC/C=C\C/C=C\CCCCCCCC(=O)OC(COC(=O)CCCCCCC/C=C\CCCCCCC)COP(=O)(O)O. The summed E-state index contributed by atoms with van der Waals surface area (Å²) in [5, 5.41) is 0. The normalized spacial score (nSPS) is 12.9. The number of esters is 2. The molecule has 0 aliphatic carbocycles. The summed E-state index contributed by atoms with van der Waals surface area (Å²) in [7, 11) is -4.75. The van der Waals surface area contributed by atoms with Crippen LogP contribution < -0.4 is 0 Å². The fourth-order valence-electron chi connectivity index (χ4n) is 5.04. The first-order chi connectivity index (χ1) is 22.8. The van der Waals surface area contributed by atoms with Crippen molar-refractivity contribution in [1.29, 1.82) is 0 Å². The summed E-state index contributed by atoms with van der Waals surface area (Å²) >= 11 is 0. The first-order valence-corrected chi connectivity index (χ1v) is 20.3. The van der Waals surface area contributed by atoms with Crippen molar-refractivity contribution in [2.45, 2.75) is 180 Å². The minimum atomic E-state index is -4.75. The van der Waals surface area contributed by atoms with Gasteiger partial charge < -0.3 is 19.3 Å². The molecule has 274 valence electrons. The van der Waals surface area contributed by atoms with Gasteiger partial charge in [-0.05, 0) is 70.6 Å². The fourth-order valence-corrected chi connectivity index (χ4v) is 5.40. The molecule has 1 atom stereocenters. The number of allylic oxidation sites excluding steroid dienone is 6. The van der Waals surface area contributed by atoms with Gasteiger partial charge in [-0.2, -0.15) is 0 Å². The van der Waals surface area contributed by atoms with Crippen LogP contribution in [0.15, 0.2) is 36.5 Å². The predicted molar refractivity (Wildman–Crippen MR) is 193 cm³/mol. The van der Waals surface area contributed by atoms with Crippen LogP contribution >= 0.6 is 7.82 Å². The highest BCUT2D eigenvalue weighted by molar-refractivity contribution is 7.46. The number of rotatable bonds is 34. The van der Waals surface area contributed by atoms with Gasteiger partial charge in [0.05, 0.1) is 6.61 Å². The first-order valence-electron chi connectivity index (χ1n) is 18.8. The highest BCUT2D eigenvalue weighted by Gasteiger charge is 2.22. The monoisotopic (exact) mass is 684 g/mol. The summed E-state index contributed by atoms with van der Waals surface area (Å²) in [5.41, 5.74) is 0. The molecule has 0 saturated heterocycles. The van der Waals surface area contributed by atoms with Crippen molar-refractivity contribution >= 4 is 19.8 Å². The largest absolute Gasteiger partial charge is 0.469 e. The average molecular weight is 685 g/mol. The molecule has 0 heterocycles. The van der Waals surface area contributed by atoms with Crippen LogP contribution in [0.4, 0.5) is 0 Å². The summed E-state index contributed by atoms with van der Waals surface area (Å²) < 4.78 is 26.3. The lowest BCUT2D eigenvalue weighted by atomic mass is 10.1. The second-order valence-electron chi connectivity index (χ2n) is 12.5. The Hall–Kier alpha value is -1.73. The van der Waals surface area contributed by atoms with Crippen molar-refractivity contribution in [1.82, 2.24) is 0 Å². The number of carbonyl (C=O) groups is 2. The highest BCUT2D eigenvalue weighted by Crippen LogP contribution is 2.36. The standard InChI is InChI=1S/C38H69O8P/c1-3-5-7-9-11-13-15-17-19-21-23-25-27-29-31-33-38(40)46-36(35-45-47(41,42)43)34-44-37(39)32-30-28-26-24-22-20-18-16-14-12-10-8-6-4-2/h11,13,16-19,36H,3-10,12,14-15,20-35H2,1-2H3,(H2,41,42,43)/b13-11-,18-16-,19-17-. The van der Waals surface area contributed by atoms with Gasteiger partial charge >= 0.3 is 19.8 Å². The van der Waals surface area contributed by atoms with Crippen LogP contribution in [0.3, 0.4) is 0 Å². The molecule has 0 saturated carbocycles. The minimum Gasteiger partial charge on any atom is -0.462 e. The Bertz CT molecular complexity index is 864. The van der Waals surface area contributed by atoms with Crippen LogP contribution in [-0.2, 0) is 28.2 Å². The van der Waals surface area contributed by atoms with E-state index in [-0.39, 0.29) is 19.4 Å². The molecule has 0 aromatic heterocycles. The maximum atomic E-state index is 12.3. The zero-order valence-corrected chi connectivity index (χ0v) is 30.8. The number of phosphoric ester groups is 1. The molecule has 1 unspecified atom stereocenters. The van der Waals surface area contributed by atoms with E-state index in [9.17, 15) is 14.2 Å². The molecular weight excluding hydrogens is 615 g/mol. The van der Waals surface area contributed by atoms with Crippen molar-refractivity contribution in [3.8, 4) is 0 Å². The summed E-state index contributed by atoms with van der Waals surface area (Å²) in [6.45, 7) is 3.62. The number of phosphoric acid groups is 1. The molecular formula is C38H69O8P. The van der Waals surface area contributed by atoms with E-state index < -0.39 is 32.5 Å². The molecule has 0 spiro atoms. The second-order valence-corrected chi connectivity index (χ2v) is 13.8. The van der Waals surface area contributed by atoms with Gasteiger partial charge in [-0.1, -0.05) is 127 Å². The third kappa shape index (κ3) is 36.9.